The molecule has 1 atom stereocenters. The van der Waals surface area contributed by atoms with Crippen molar-refractivity contribution in [2.24, 2.45) is 11.7 Å². The molecule has 1 rings (SSSR count). The Morgan fingerprint density at radius 3 is 2.53 bits per heavy atom. The standard InChI is InChI=1S/C11H22N2O2/c1-8(2)9(12)10(14)13-5-6-15-7-11(13,3)4/h8-9H,5-7,12H2,1-4H3. The van der Waals surface area contributed by atoms with Gasteiger partial charge in [0.25, 0.3) is 0 Å². The number of carbonyl (C=O) groups excluding carboxylic acids is 1. The van der Waals surface area contributed by atoms with Crippen molar-refractivity contribution >= 4 is 5.91 Å². The molecule has 15 heavy (non-hydrogen) atoms. The number of rotatable bonds is 2. The number of nitrogens with two attached hydrogens (primary N) is 1. The van der Waals surface area contributed by atoms with Crippen LogP contribution in [0.3, 0.4) is 0 Å². The van der Waals surface area contributed by atoms with Crippen LogP contribution in [-0.2, 0) is 9.53 Å². The Morgan fingerprint density at radius 1 is 1.47 bits per heavy atom. The average molecular weight is 214 g/mol. The molecule has 0 aliphatic carbocycles. The summed E-state index contributed by atoms with van der Waals surface area (Å²) in [5.74, 6) is 0.217. The molecular weight excluding hydrogens is 192 g/mol. The number of carbonyl (C=O) groups is 1. The fourth-order valence-electron chi connectivity index (χ4n) is 1.73. The van der Waals surface area contributed by atoms with Crippen LogP contribution in [0.5, 0.6) is 0 Å². The average Bonchev–Trinajstić information content (AvgIpc) is 2.15. The fourth-order valence-corrected chi connectivity index (χ4v) is 1.73. The summed E-state index contributed by atoms with van der Waals surface area (Å²) < 4.78 is 5.37. The van der Waals surface area contributed by atoms with E-state index in [1.54, 1.807) is 0 Å². The largest absolute Gasteiger partial charge is 0.377 e. The number of hydrogen-bond acceptors (Lipinski definition) is 3. The molecule has 0 aromatic rings. The monoisotopic (exact) mass is 214 g/mol. The van der Waals surface area contributed by atoms with E-state index in [1.165, 1.54) is 0 Å². The van der Waals surface area contributed by atoms with Crippen LogP contribution in [-0.4, -0.2) is 42.1 Å². The second-order valence-corrected chi connectivity index (χ2v) is 5.12. The number of amides is 1. The molecule has 1 aliphatic rings. The number of nitrogens with zero attached hydrogens (tertiary/aromatic N) is 1. The summed E-state index contributed by atoms with van der Waals surface area (Å²) >= 11 is 0. The highest BCUT2D eigenvalue weighted by molar-refractivity contribution is 5.82. The molecule has 2 N–H and O–H groups in total. The Hall–Kier alpha value is -0.610. The van der Waals surface area contributed by atoms with Crippen molar-refractivity contribution in [3.63, 3.8) is 0 Å². The summed E-state index contributed by atoms with van der Waals surface area (Å²) in [5.41, 5.74) is 5.65. The van der Waals surface area contributed by atoms with E-state index >= 15 is 0 Å². The summed E-state index contributed by atoms with van der Waals surface area (Å²) in [6.45, 7) is 9.80. The second-order valence-electron chi connectivity index (χ2n) is 5.12. The molecule has 0 saturated carbocycles. The minimum Gasteiger partial charge on any atom is -0.377 e. The minimum atomic E-state index is -0.401. The van der Waals surface area contributed by atoms with Gasteiger partial charge in [-0.2, -0.15) is 0 Å². The van der Waals surface area contributed by atoms with Gasteiger partial charge in [0.15, 0.2) is 0 Å². The molecule has 0 aromatic carbocycles. The van der Waals surface area contributed by atoms with Gasteiger partial charge in [-0.05, 0) is 19.8 Å². The Bertz CT molecular complexity index is 239. The molecule has 1 heterocycles. The molecule has 88 valence electrons. The zero-order chi connectivity index (χ0) is 11.6. The van der Waals surface area contributed by atoms with E-state index in [9.17, 15) is 4.79 Å². The molecule has 1 saturated heterocycles. The third kappa shape index (κ3) is 2.69. The van der Waals surface area contributed by atoms with Crippen LogP contribution < -0.4 is 5.73 Å². The maximum Gasteiger partial charge on any atom is 0.240 e. The van der Waals surface area contributed by atoms with Crippen molar-refractivity contribution in [2.45, 2.75) is 39.3 Å². The zero-order valence-corrected chi connectivity index (χ0v) is 10.1. The Labute approximate surface area is 91.8 Å². The van der Waals surface area contributed by atoms with Gasteiger partial charge in [-0.3, -0.25) is 4.79 Å². The van der Waals surface area contributed by atoms with Crippen LogP contribution in [0.1, 0.15) is 27.7 Å². The zero-order valence-electron chi connectivity index (χ0n) is 10.1. The van der Waals surface area contributed by atoms with Gasteiger partial charge in [0, 0.05) is 6.54 Å². The van der Waals surface area contributed by atoms with Crippen LogP contribution in [0.4, 0.5) is 0 Å². The molecule has 1 unspecified atom stereocenters. The molecule has 0 spiro atoms. The van der Waals surface area contributed by atoms with E-state index in [0.29, 0.717) is 19.8 Å². The maximum absolute atomic E-state index is 12.1. The maximum atomic E-state index is 12.1. The molecule has 0 aromatic heterocycles. The van der Waals surface area contributed by atoms with Crippen molar-refractivity contribution in [3.8, 4) is 0 Å². The SMILES string of the molecule is CC(C)C(N)C(=O)N1CCOCC1(C)C. The van der Waals surface area contributed by atoms with Gasteiger partial charge < -0.3 is 15.4 Å². The van der Waals surface area contributed by atoms with Crippen molar-refractivity contribution in [3.05, 3.63) is 0 Å². The lowest BCUT2D eigenvalue weighted by molar-refractivity contribution is -0.148. The van der Waals surface area contributed by atoms with Crippen LogP contribution in [0, 0.1) is 5.92 Å². The quantitative estimate of drug-likeness (QED) is 0.732. The fraction of sp³-hybridized carbons (Fsp3) is 0.909. The van der Waals surface area contributed by atoms with Gasteiger partial charge in [-0.25, -0.2) is 0 Å². The lowest BCUT2D eigenvalue weighted by Gasteiger charge is -2.43. The molecule has 4 nitrogen and oxygen atoms in total. The van der Waals surface area contributed by atoms with Gasteiger partial charge >= 0.3 is 0 Å². The molecule has 4 heteroatoms. The van der Waals surface area contributed by atoms with Crippen molar-refractivity contribution in [2.75, 3.05) is 19.8 Å². The summed E-state index contributed by atoms with van der Waals surface area (Å²) in [5, 5.41) is 0. The van der Waals surface area contributed by atoms with Crippen LogP contribution in [0.25, 0.3) is 0 Å². The van der Waals surface area contributed by atoms with Gasteiger partial charge in [0.1, 0.15) is 0 Å². The van der Waals surface area contributed by atoms with E-state index < -0.39 is 6.04 Å². The topological polar surface area (TPSA) is 55.6 Å². The number of ether oxygens (including phenoxy) is 1. The molecule has 0 bridgehead atoms. The number of morpholine rings is 1. The van der Waals surface area contributed by atoms with Gasteiger partial charge in [-0.15, -0.1) is 0 Å². The van der Waals surface area contributed by atoms with E-state index in [2.05, 4.69) is 0 Å². The Kier molecular flexibility index (Phi) is 3.73. The Morgan fingerprint density at radius 2 is 2.07 bits per heavy atom. The first-order valence-electron chi connectivity index (χ1n) is 5.51. The minimum absolute atomic E-state index is 0.0401. The van der Waals surface area contributed by atoms with Crippen molar-refractivity contribution < 1.29 is 9.53 Å². The van der Waals surface area contributed by atoms with Crippen molar-refractivity contribution in [1.82, 2.24) is 4.90 Å². The molecule has 1 aliphatic heterocycles. The van der Waals surface area contributed by atoms with E-state index in [1.807, 2.05) is 32.6 Å². The molecule has 1 fully saturated rings. The van der Waals surface area contributed by atoms with Crippen molar-refractivity contribution in [1.29, 1.82) is 0 Å². The van der Waals surface area contributed by atoms with E-state index in [-0.39, 0.29) is 17.4 Å². The Balaban J connectivity index is 2.73. The van der Waals surface area contributed by atoms with Crippen LogP contribution >= 0.6 is 0 Å². The lowest BCUT2D eigenvalue weighted by atomic mass is 9.97. The predicted octanol–water partition coefficient (Wildman–Crippen LogP) is 0.607. The highest BCUT2D eigenvalue weighted by Crippen LogP contribution is 2.20. The first-order chi connectivity index (χ1) is 6.86. The highest BCUT2D eigenvalue weighted by Gasteiger charge is 2.36. The van der Waals surface area contributed by atoms with Crippen LogP contribution in [0.2, 0.25) is 0 Å². The van der Waals surface area contributed by atoms with Gasteiger partial charge in [-0.1, -0.05) is 13.8 Å². The predicted molar refractivity (Wildman–Crippen MR) is 59.4 cm³/mol. The lowest BCUT2D eigenvalue weighted by Crippen LogP contribution is -2.60. The first-order valence-corrected chi connectivity index (χ1v) is 5.51. The normalized spacial score (nSPS) is 22.9. The molecule has 0 radical (unpaired) electrons. The third-order valence-corrected chi connectivity index (χ3v) is 2.91. The highest BCUT2D eigenvalue weighted by atomic mass is 16.5. The van der Waals surface area contributed by atoms with Gasteiger partial charge in [0.05, 0.1) is 24.8 Å². The summed E-state index contributed by atoms with van der Waals surface area (Å²) in [6.07, 6.45) is 0. The number of hydrogen-bond donors (Lipinski definition) is 1. The molecular formula is C11H22N2O2. The third-order valence-electron chi connectivity index (χ3n) is 2.91. The first kappa shape index (κ1) is 12.5. The van der Waals surface area contributed by atoms with Crippen LogP contribution in [0.15, 0.2) is 0 Å². The summed E-state index contributed by atoms with van der Waals surface area (Å²) in [7, 11) is 0. The molecule has 1 amide bonds. The second kappa shape index (κ2) is 4.49. The van der Waals surface area contributed by atoms with Gasteiger partial charge in [0.2, 0.25) is 5.91 Å². The smallest absolute Gasteiger partial charge is 0.240 e. The van der Waals surface area contributed by atoms with E-state index in [4.69, 9.17) is 10.5 Å². The summed E-state index contributed by atoms with van der Waals surface area (Å²) in [6, 6.07) is -0.401. The van der Waals surface area contributed by atoms with E-state index in [0.717, 1.165) is 0 Å². The summed E-state index contributed by atoms with van der Waals surface area (Å²) in [4.78, 5) is 13.9.